The van der Waals surface area contributed by atoms with Crippen molar-refractivity contribution in [1.82, 2.24) is 5.06 Å². The largest absolute Gasteiger partial charge is 0.394 e. The number of benzene rings is 1. The highest BCUT2D eigenvalue weighted by molar-refractivity contribution is 6.18. The molecule has 13 nitrogen and oxygen atoms in total. The first-order valence-corrected chi connectivity index (χ1v) is 14.6. The van der Waals surface area contributed by atoms with E-state index in [0.717, 1.165) is 11.3 Å². The third kappa shape index (κ3) is 8.61. The maximum atomic E-state index is 10.9. The van der Waals surface area contributed by atoms with Gasteiger partial charge in [-0.1, -0.05) is 12.1 Å². The van der Waals surface area contributed by atoms with E-state index in [-0.39, 0.29) is 0 Å². The molecule has 0 aliphatic carbocycles. The van der Waals surface area contributed by atoms with Gasteiger partial charge in [0.1, 0.15) is 48.8 Å². The number of ether oxygens (including phenoxy) is 3. The molecule has 0 amide bonds. The van der Waals surface area contributed by atoms with Crippen molar-refractivity contribution >= 4 is 28.9 Å². The van der Waals surface area contributed by atoms with Crippen LogP contribution in [0.4, 0.5) is 5.69 Å². The molecule has 2 aliphatic heterocycles. The van der Waals surface area contributed by atoms with Gasteiger partial charge in [-0.2, -0.15) is 5.06 Å². The second-order valence-electron chi connectivity index (χ2n) is 9.99. The number of nitrogens with zero attached hydrogens (tertiary/aromatic N) is 2. The number of hydrogen-bond acceptors (Lipinski definition) is 13. The summed E-state index contributed by atoms with van der Waals surface area (Å²) in [4.78, 5) is 7.54. The summed E-state index contributed by atoms with van der Waals surface area (Å²) in [5.74, 6) is 0.986. The smallest absolute Gasteiger partial charge is 0.187 e. The normalized spacial score (nSPS) is 34.2. The van der Waals surface area contributed by atoms with Crippen molar-refractivity contribution in [1.29, 1.82) is 0 Å². The van der Waals surface area contributed by atoms with Gasteiger partial charge in [0, 0.05) is 37.1 Å². The number of alkyl halides is 2. The molecule has 2 fully saturated rings. The van der Waals surface area contributed by atoms with Crippen LogP contribution >= 0.6 is 23.2 Å². The second kappa shape index (κ2) is 16.8. The number of hydroxylamine groups is 2. The minimum Gasteiger partial charge on any atom is -0.394 e. The highest BCUT2D eigenvalue weighted by Crippen LogP contribution is 2.30. The van der Waals surface area contributed by atoms with Gasteiger partial charge in [-0.3, -0.25) is 4.84 Å². The molecule has 2 heterocycles. The molecule has 2 aliphatic rings. The van der Waals surface area contributed by atoms with E-state index in [9.17, 15) is 35.7 Å². The molecule has 0 spiro atoms. The molecule has 0 bridgehead atoms. The van der Waals surface area contributed by atoms with E-state index in [1.165, 1.54) is 12.2 Å². The Bertz CT molecular complexity index is 881. The van der Waals surface area contributed by atoms with E-state index in [1.54, 1.807) is 0 Å². The lowest BCUT2D eigenvalue weighted by Gasteiger charge is -2.47. The third-order valence-corrected chi connectivity index (χ3v) is 7.69. The number of anilines is 1. The van der Waals surface area contributed by atoms with Crippen molar-refractivity contribution in [3.63, 3.8) is 0 Å². The Kier molecular flexibility index (Phi) is 14.2. The lowest BCUT2D eigenvalue weighted by Crippen LogP contribution is -2.66. The fourth-order valence-corrected chi connectivity index (χ4v) is 5.42. The van der Waals surface area contributed by atoms with Crippen molar-refractivity contribution in [3.05, 3.63) is 29.8 Å². The van der Waals surface area contributed by atoms with Crippen LogP contribution in [0.25, 0.3) is 0 Å². The van der Waals surface area contributed by atoms with Crippen molar-refractivity contribution in [3.8, 4) is 0 Å². The lowest BCUT2D eigenvalue weighted by molar-refractivity contribution is -0.367. The fraction of sp³-hybridized carbons (Fsp3) is 0.769. The summed E-state index contributed by atoms with van der Waals surface area (Å²) in [7, 11) is 1.39. The fourth-order valence-electron chi connectivity index (χ4n) is 5.02. The molecule has 0 radical (unpaired) electrons. The first-order valence-electron chi connectivity index (χ1n) is 13.6. The van der Waals surface area contributed by atoms with E-state index in [4.69, 9.17) is 42.3 Å². The number of aliphatic hydroxyl groups is 7. The molecule has 7 N–H and O–H groups in total. The Labute approximate surface area is 249 Å². The van der Waals surface area contributed by atoms with E-state index < -0.39 is 74.6 Å². The lowest BCUT2D eigenvalue weighted by atomic mass is 9.96. The van der Waals surface area contributed by atoms with Crippen LogP contribution in [-0.2, 0) is 25.5 Å². The molecule has 10 atom stereocenters. The van der Waals surface area contributed by atoms with Gasteiger partial charge in [-0.25, -0.2) is 0 Å². The van der Waals surface area contributed by atoms with Gasteiger partial charge >= 0.3 is 0 Å². The second-order valence-corrected chi connectivity index (χ2v) is 10.7. The van der Waals surface area contributed by atoms with Crippen LogP contribution in [-0.4, -0.2) is 154 Å². The Morgan fingerprint density at radius 2 is 1.41 bits per heavy atom. The van der Waals surface area contributed by atoms with E-state index in [1.807, 2.05) is 24.3 Å². The summed E-state index contributed by atoms with van der Waals surface area (Å²) >= 11 is 11.8. The summed E-state index contributed by atoms with van der Waals surface area (Å²) in [6.07, 6.45) is -13.5. The standard InChI is InChI=1S/C26H42Cl2N2O11/c1-38-30(10-2-3-15-4-6-16(7-5-15)29(11-8-27)12-9-28)25-22(36)21(35)24(18(14-32)39-25)41-26-23(37)20(34)19(33)17(13-31)40-26/h4-7,17-26,31-37H,2-3,8-14H2,1H3/t17-,18-,19-,20+,21-,22-,23-,24-,25?,26+/m1/s1. The number of rotatable bonds is 15. The number of aliphatic hydroxyl groups excluding tert-OH is 7. The van der Waals surface area contributed by atoms with Crippen molar-refractivity contribution in [2.75, 3.05) is 56.6 Å². The zero-order valence-corrected chi connectivity index (χ0v) is 24.4. The number of hydrogen-bond donors (Lipinski definition) is 7. The van der Waals surface area contributed by atoms with E-state index in [0.29, 0.717) is 44.2 Å². The molecule has 3 rings (SSSR count). The summed E-state index contributed by atoms with van der Waals surface area (Å²) in [6.45, 7) is 0.394. The highest BCUT2D eigenvalue weighted by atomic mass is 35.5. The SMILES string of the molecule is CON(CCCc1ccc(N(CCCl)CCCl)cc1)C1O[C@H](CO)[C@@H](O[C@@H]2O[C@H](CO)[C@@H](O)[C@H](O)[C@H]2O)[C@H](O)[C@H]1O. The molecule has 0 aromatic heterocycles. The molecular weight excluding hydrogens is 587 g/mol. The average molecular weight is 630 g/mol. The number of halogens is 2. The third-order valence-electron chi connectivity index (χ3n) is 7.35. The van der Waals surface area contributed by atoms with E-state index in [2.05, 4.69) is 4.90 Å². The van der Waals surface area contributed by atoms with Crippen LogP contribution in [0.2, 0.25) is 0 Å². The summed E-state index contributed by atoms with van der Waals surface area (Å²) in [5, 5.41) is 72.8. The monoisotopic (exact) mass is 628 g/mol. The first kappa shape index (κ1) is 34.6. The molecular formula is C26H42Cl2N2O11. The highest BCUT2D eigenvalue weighted by Gasteiger charge is 2.51. The predicted molar refractivity (Wildman–Crippen MR) is 149 cm³/mol. The van der Waals surface area contributed by atoms with Gasteiger partial charge < -0.3 is 54.9 Å². The average Bonchev–Trinajstić information content (AvgIpc) is 2.98. The van der Waals surface area contributed by atoms with Crippen molar-refractivity contribution in [2.24, 2.45) is 0 Å². The summed E-state index contributed by atoms with van der Waals surface area (Å²) < 4.78 is 16.8. The maximum Gasteiger partial charge on any atom is 0.187 e. The number of aryl methyl sites for hydroxylation is 1. The van der Waals surface area contributed by atoms with Gasteiger partial charge in [-0.15, -0.1) is 23.2 Å². The van der Waals surface area contributed by atoms with E-state index >= 15 is 0 Å². The minimum atomic E-state index is -1.73. The van der Waals surface area contributed by atoms with Gasteiger partial charge in [0.15, 0.2) is 12.5 Å². The maximum absolute atomic E-state index is 10.9. The quantitative estimate of drug-likeness (QED) is 0.0870. The molecule has 41 heavy (non-hydrogen) atoms. The zero-order valence-electron chi connectivity index (χ0n) is 22.9. The molecule has 2 saturated heterocycles. The van der Waals surface area contributed by atoms with Crippen LogP contribution in [0.3, 0.4) is 0 Å². The van der Waals surface area contributed by atoms with Gasteiger partial charge in [0.2, 0.25) is 0 Å². The Balaban J connectivity index is 1.59. The Morgan fingerprint density at radius 3 is 1.98 bits per heavy atom. The van der Waals surface area contributed by atoms with Crippen molar-refractivity contribution < 1.29 is 54.8 Å². The van der Waals surface area contributed by atoms with Gasteiger partial charge in [0.05, 0.1) is 20.3 Å². The topological polar surface area (TPSA) is 185 Å². The predicted octanol–water partition coefficient (Wildman–Crippen LogP) is -1.61. The van der Waals surface area contributed by atoms with Crippen LogP contribution < -0.4 is 4.90 Å². The van der Waals surface area contributed by atoms with Crippen LogP contribution in [0, 0.1) is 0 Å². The Hall–Kier alpha value is -0.880. The molecule has 1 aromatic carbocycles. The Morgan fingerprint density at radius 1 is 0.780 bits per heavy atom. The summed E-state index contributed by atoms with van der Waals surface area (Å²) in [5.41, 5.74) is 2.10. The molecule has 1 aromatic rings. The molecule has 1 unspecified atom stereocenters. The van der Waals surface area contributed by atoms with Gasteiger partial charge in [0.25, 0.3) is 0 Å². The van der Waals surface area contributed by atoms with Gasteiger partial charge in [-0.05, 0) is 30.5 Å². The zero-order chi connectivity index (χ0) is 30.1. The summed E-state index contributed by atoms with van der Waals surface area (Å²) in [6, 6.07) is 8.05. The molecule has 15 heteroatoms. The van der Waals surface area contributed by atoms with Crippen LogP contribution in [0.15, 0.2) is 24.3 Å². The molecule has 236 valence electrons. The first-order chi connectivity index (χ1) is 19.7. The minimum absolute atomic E-state index is 0.313. The van der Waals surface area contributed by atoms with Crippen LogP contribution in [0.1, 0.15) is 12.0 Å². The van der Waals surface area contributed by atoms with Crippen molar-refractivity contribution in [2.45, 2.75) is 74.2 Å². The molecule has 0 saturated carbocycles. The van der Waals surface area contributed by atoms with Crippen LogP contribution in [0.5, 0.6) is 0 Å².